The van der Waals surface area contributed by atoms with E-state index < -0.39 is 20.8 Å². The van der Waals surface area contributed by atoms with Gasteiger partial charge in [0, 0.05) is 0 Å². The van der Waals surface area contributed by atoms with Crippen molar-refractivity contribution >= 4 is 38.6 Å². The van der Waals surface area contributed by atoms with E-state index in [1.165, 1.54) is 80.6 Å². The van der Waals surface area contributed by atoms with Crippen LogP contribution in [0.3, 0.4) is 0 Å². The van der Waals surface area contributed by atoms with E-state index in [0.29, 0.717) is 0 Å². The molecule has 0 saturated carbocycles. The number of hydrogen-bond acceptors (Lipinski definition) is 0. The Balaban J connectivity index is 0.000000196. The van der Waals surface area contributed by atoms with Crippen molar-refractivity contribution in [2.45, 2.75) is 67.2 Å². The van der Waals surface area contributed by atoms with Crippen molar-refractivity contribution < 1.29 is 20.8 Å². The monoisotopic (exact) mass is 530 g/mol. The fraction of sp³-hybridized carbons (Fsp3) is 0.357. The molecule has 0 radical (unpaired) electrons. The molecule has 0 unspecified atom stereocenters. The first-order valence-corrected chi connectivity index (χ1v) is 17.4. The molecule has 4 aromatic carbocycles. The topological polar surface area (TPSA) is 0 Å². The van der Waals surface area contributed by atoms with Gasteiger partial charge in [-0.05, 0) is 40.5 Å². The van der Waals surface area contributed by atoms with E-state index >= 15 is 0 Å². The Morgan fingerprint density at radius 3 is 1.32 bits per heavy atom. The second-order valence-electron chi connectivity index (χ2n) is 8.47. The van der Waals surface area contributed by atoms with E-state index in [9.17, 15) is 0 Å². The molecule has 164 valence electrons. The van der Waals surface area contributed by atoms with Crippen molar-refractivity contribution in [3.05, 3.63) is 81.9 Å². The van der Waals surface area contributed by atoms with Crippen LogP contribution in [0.2, 0.25) is 0 Å². The van der Waals surface area contributed by atoms with E-state index in [0.717, 1.165) is 0 Å². The van der Waals surface area contributed by atoms with Crippen LogP contribution in [0.1, 0.15) is 60.1 Å². The fourth-order valence-electron chi connectivity index (χ4n) is 4.38. The third kappa shape index (κ3) is 7.59. The van der Waals surface area contributed by atoms with Crippen molar-refractivity contribution in [1.29, 1.82) is 0 Å². The standard InChI is InChI=1S/2C14H17.2ClH.Zr/c2*1-4-5-12-8-13-7-10(2)6-11(3)14(13)9-12;;;/h2*6-9H,4-5H2,1-3H3;2*1H;/q2*-1;;;+4/p-2. The van der Waals surface area contributed by atoms with Gasteiger partial charge >= 0.3 is 37.9 Å². The van der Waals surface area contributed by atoms with Gasteiger partial charge in [-0.2, -0.15) is 12.1 Å². The van der Waals surface area contributed by atoms with Crippen LogP contribution >= 0.6 is 17.0 Å². The number of aryl methyl sites for hydroxylation is 6. The SMILES string of the molecule is CCCc1cc2c(C)cc(C)cc2[cH-]1.CCCc1cc2c(C)cc(C)cc2[cH-]1.[Cl][Zr+2][Cl]. The molecule has 0 bridgehead atoms. The van der Waals surface area contributed by atoms with E-state index in [1.807, 2.05) is 0 Å². The zero-order chi connectivity index (χ0) is 23.0. The fourth-order valence-corrected chi connectivity index (χ4v) is 4.38. The molecule has 0 aliphatic heterocycles. The second-order valence-corrected chi connectivity index (χ2v) is 12.2. The van der Waals surface area contributed by atoms with Gasteiger partial charge in [0.05, 0.1) is 0 Å². The predicted molar refractivity (Wildman–Crippen MR) is 138 cm³/mol. The van der Waals surface area contributed by atoms with Gasteiger partial charge < -0.3 is 0 Å². The van der Waals surface area contributed by atoms with Crippen LogP contribution in [0.15, 0.2) is 48.5 Å². The number of rotatable bonds is 4. The van der Waals surface area contributed by atoms with Crippen molar-refractivity contribution in [3.8, 4) is 0 Å². The van der Waals surface area contributed by atoms with Gasteiger partial charge in [-0.3, -0.25) is 0 Å². The minimum absolute atomic E-state index is 0.826. The molecule has 0 aromatic heterocycles. The van der Waals surface area contributed by atoms with Crippen LogP contribution in [0.25, 0.3) is 21.5 Å². The Hall–Kier alpha value is -0.877. The van der Waals surface area contributed by atoms with Crippen molar-refractivity contribution in [1.82, 2.24) is 0 Å². The normalized spacial score (nSPS) is 10.3. The maximum atomic E-state index is 4.93. The molecule has 0 aliphatic rings. The number of fused-ring (bicyclic) bond motifs is 2. The van der Waals surface area contributed by atoms with Gasteiger partial charge in [-0.1, -0.05) is 61.1 Å². The number of benzene rings is 2. The van der Waals surface area contributed by atoms with Crippen LogP contribution in [0, 0.1) is 27.7 Å². The molecule has 0 spiro atoms. The summed E-state index contributed by atoms with van der Waals surface area (Å²) in [5.41, 5.74) is 8.50. The molecule has 3 heteroatoms. The van der Waals surface area contributed by atoms with Gasteiger partial charge in [0.2, 0.25) is 0 Å². The summed E-state index contributed by atoms with van der Waals surface area (Å²) in [6, 6.07) is 18.4. The molecule has 0 saturated heterocycles. The number of hydrogen-bond donors (Lipinski definition) is 0. The summed E-state index contributed by atoms with van der Waals surface area (Å²) in [6.45, 7) is 13.2. The third-order valence-corrected chi connectivity index (χ3v) is 5.54. The molecule has 0 aliphatic carbocycles. The molecule has 0 amide bonds. The molecule has 4 rings (SSSR count). The first kappa shape index (κ1) is 26.4. The predicted octanol–water partition coefficient (Wildman–Crippen LogP) is 9.63. The average molecular weight is 533 g/mol. The van der Waals surface area contributed by atoms with Crippen LogP contribution in [0.4, 0.5) is 0 Å². The Morgan fingerprint density at radius 2 is 1.00 bits per heavy atom. The average Bonchev–Trinajstić information content (AvgIpc) is 3.27. The second kappa shape index (κ2) is 13.0. The van der Waals surface area contributed by atoms with Crippen LogP contribution in [-0.2, 0) is 33.7 Å². The van der Waals surface area contributed by atoms with E-state index in [1.54, 1.807) is 0 Å². The van der Waals surface area contributed by atoms with Crippen molar-refractivity contribution in [2.24, 2.45) is 0 Å². The quantitative estimate of drug-likeness (QED) is 0.230. The summed E-state index contributed by atoms with van der Waals surface area (Å²) >= 11 is -0.826. The van der Waals surface area contributed by atoms with E-state index in [-0.39, 0.29) is 0 Å². The van der Waals surface area contributed by atoms with Crippen LogP contribution in [-0.4, -0.2) is 0 Å². The van der Waals surface area contributed by atoms with Gasteiger partial charge in [-0.15, -0.1) is 56.9 Å². The van der Waals surface area contributed by atoms with E-state index in [2.05, 4.69) is 90.1 Å². The van der Waals surface area contributed by atoms with E-state index in [4.69, 9.17) is 17.0 Å². The zero-order valence-corrected chi connectivity index (χ0v) is 23.7. The Bertz CT molecular complexity index is 1010. The summed E-state index contributed by atoms with van der Waals surface area (Å²) in [7, 11) is 9.87. The van der Waals surface area contributed by atoms with Gasteiger partial charge in [0.25, 0.3) is 0 Å². The summed E-state index contributed by atoms with van der Waals surface area (Å²) in [6.07, 6.45) is 4.86. The first-order chi connectivity index (χ1) is 14.8. The molecular formula is C28H34Cl2Zr. The minimum atomic E-state index is -0.826. The summed E-state index contributed by atoms with van der Waals surface area (Å²) in [5.74, 6) is 0. The summed E-state index contributed by atoms with van der Waals surface area (Å²) < 4.78 is 0. The van der Waals surface area contributed by atoms with Crippen molar-refractivity contribution in [3.63, 3.8) is 0 Å². The van der Waals surface area contributed by atoms with Crippen LogP contribution < -0.4 is 0 Å². The maximum absolute atomic E-state index is 4.93. The molecule has 0 heterocycles. The molecule has 0 fully saturated rings. The molecule has 31 heavy (non-hydrogen) atoms. The Morgan fingerprint density at radius 1 is 0.645 bits per heavy atom. The third-order valence-electron chi connectivity index (χ3n) is 5.54. The summed E-state index contributed by atoms with van der Waals surface area (Å²) in [5, 5.41) is 5.68. The number of halogens is 2. The molecule has 0 nitrogen and oxygen atoms in total. The van der Waals surface area contributed by atoms with Gasteiger partial charge in [0.15, 0.2) is 0 Å². The molecular weight excluding hydrogens is 498 g/mol. The van der Waals surface area contributed by atoms with Crippen molar-refractivity contribution in [2.75, 3.05) is 0 Å². The van der Waals surface area contributed by atoms with Gasteiger partial charge in [-0.25, -0.2) is 0 Å². The summed E-state index contributed by atoms with van der Waals surface area (Å²) in [4.78, 5) is 0. The first-order valence-electron chi connectivity index (χ1n) is 11.1. The Kier molecular flexibility index (Phi) is 11.0. The Labute approximate surface area is 207 Å². The van der Waals surface area contributed by atoms with Crippen LogP contribution in [0.5, 0.6) is 0 Å². The molecule has 0 N–H and O–H groups in total. The zero-order valence-electron chi connectivity index (χ0n) is 19.7. The van der Waals surface area contributed by atoms with Gasteiger partial charge in [0.1, 0.15) is 0 Å². The molecule has 0 atom stereocenters. The molecule has 4 aromatic rings.